The molecule has 0 N–H and O–H groups in total. The maximum absolute atomic E-state index is 11.5. The average molecular weight is 453 g/mol. The molecule has 0 aliphatic carbocycles. The van der Waals surface area contributed by atoms with E-state index in [0.717, 1.165) is 19.3 Å². The van der Waals surface area contributed by atoms with E-state index in [9.17, 15) is 4.79 Å². The minimum absolute atomic E-state index is 0.00180. The van der Waals surface area contributed by atoms with Crippen LogP contribution in [0.3, 0.4) is 0 Å². The smallest absolute Gasteiger partial charge is 0.305 e. The van der Waals surface area contributed by atoms with Crippen molar-refractivity contribution >= 4 is 5.97 Å². The van der Waals surface area contributed by atoms with E-state index in [1.54, 1.807) is 0 Å². The number of unbranched alkanes of at least 4 members (excludes halogenated alkanes) is 23. The molecule has 0 unspecified atom stereocenters. The van der Waals surface area contributed by atoms with Crippen LogP contribution in [0.2, 0.25) is 0 Å². The van der Waals surface area contributed by atoms with Gasteiger partial charge in [0.15, 0.2) is 0 Å². The number of rotatable bonds is 27. The van der Waals surface area contributed by atoms with E-state index in [1.165, 1.54) is 141 Å². The highest BCUT2D eigenvalue weighted by Gasteiger charge is 2.02. The highest BCUT2D eigenvalue weighted by molar-refractivity contribution is 5.69. The van der Waals surface area contributed by atoms with Gasteiger partial charge in [-0.25, -0.2) is 0 Å². The van der Waals surface area contributed by atoms with E-state index in [-0.39, 0.29) is 5.97 Å². The van der Waals surface area contributed by atoms with Gasteiger partial charge in [0.2, 0.25) is 0 Å². The normalized spacial score (nSPS) is 11.2. The number of esters is 1. The molecular formula is C30H60O2. The zero-order chi connectivity index (χ0) is 23.4. The lowest BCUT2D eigenvalue weighted by Crippen LogP contribution is -2.05. The average Bonchev–Trinajstić information content (AvgIpc) is 2.79. The second-order valence-electron chi connectivity index (χ2n) is 10.1. The van der Waals surface area contributed by atoms with Crippen molar-refractivity contribution in [1.29, 1.82) is 0 Å². The molecule has 0 atom stereocenters. The van der Waals surface area contributed by atoms with E-state index in [2.05, 4.69) is 13.8 Å². The molecular weight excluding hydrogens is 392 g/mol. The van der Waals surface area contributed by atoms with Crippen LogP contribution in [0.5, 0.6) is 0 Å². The SMILES string of the molecule is CCCCCCCCCCCCCCCCCCCCCCCCCC(=O)OCCCC. The van der Waals surface area contributed by atoms with Gasteiger partial charge in [0.05, 0.1) is 6.61 Å². The van der Waals surface area contributed by atoms with Crippen molar-refractivity contribution in [3.8, 4) is 0 Å². The summed E-state index contributed by atoms with van der Waals surface area (Å²) in [6.45, 7) is 5.02. The number of carbonyl (C=O) groups is 1. The Morgan fingerprint density at radius 3 is 1.00 bits per heavy atom. The fourth-order valence-corrected chi connectivity index (χ4v) is 4.46. The summed E-state index contributed by atoms with van der Waals surface area (Å²) in [6, 6.07) is 0. The van der Waals surface area contributed by atoms with Crippen molar-refractivity contribution in [2.45, 2.75) is 181 Å². The molecule has 0 aromatic rings. The van der Waals surface area contributed by atoms with Crippen LogP contribution < -0.4 is 0 Å². The van der Waals surface area contributed by atoms with E-state index in [4.69, 9.17) is 4.74 Å². The van der Waals surface area contributed by atoms with Gasteiger partial charge in [0.1, 0.15) is 0 Å². The second kappa shape index (κ2) is 28.5. The van der Waals surface area contributed by atoms with Crippen molar-refractivity contribution in [1.82, 2.24) is 0 Å². The van der Waals surface area contributed by atoms with E-state index < -0.39 is 0 Å². The fraction of sp³-hybridized carbons (Fsp3) is 0.967. The summed E-state index contributed by atoms with van der Waals surface area (Å²) >= 11 is 0. The predicted molar refractivity (Wildman–Crippen MR) is 142 cm³/mol. The molecule has 0 aliphatic heterocycles. The minimum atomic E-state index is 0.00180. The number of hydrogen-bond donors (Lipinski definition) is 0. The second-order valence-corrected chi connectivity index (χ2v) is 10.1. The fourth-order valence-electron chi connectivity index (χ4n) is 4.46. The van der Waals surface area contributed by atoms with Crippen LogP contribution in [0.25, 0.3) is 0 Å². The summed E-state index contributed by atoms with van der Waals surface area (Å²) in [5.74, 6) is 0.00180. The van der Waals surface area contributed by atoms with Gasteiger partial charge in [-0.1, -0.05) is 162 Å². The highest BCUT2D eigenvalue weighted by atomic mass is 16.5. The van der Waals surface area contributed by atoms with Gasteiger partial charge in [0.25, 0.3) is 0 Å². The van der Waals surface area contributed by atoms with Gasteiger partial charge >= 0.3 is 5.97 Å². The molecule has 0 heterocycles. The molecule has 2 nitrogen and oxygen atoms in total. The third kappa shape index (κ3) is 27.5. The van der Waals surface area contributed by atoms with Crippen LogP contribution >= 0.6 is 0 Å². The van der Waals surface area contributed by atoms with Crippen molar-refractivity contribution in [2.75, 3.05) is 6.61 Å². The van der Waals surface area contributed by atoms with Crippen LogP contribution in [0.15, 0.2) is 0 Å². The van der Waals surface area contributed by atoms with Gasteiger partial charge in [0, 0.05) is 6.42 Å². The van der Waals surface area contributed by atoms with Crippen LogP contribution in [0, 0.1) is 0 Å². The van der Waals surface area contributed by atoms with E-state index in [0.29, 0.717) is 13.0 Å². The molecule has 0 rings (SSSR count). The standard InChI is InChI=1S/C30H60O2/c1-3-5-7-8-9-10-11-12-13-14-15-16-17-18-19-20-21-22-23-24-25-26-27-28-30(31)32-29-6-4-2/h3-29H2,1-2H3. The van der Waals surface area contributed by atoms with Gasteiger partial charge < -0.3 is 4.74 Å². The van der Waals surface area contributed by atoms with Crippen LogP contribution in [-0.4, -0.2) is 12.6 Å². The Hall–Kier alpha value is -0.530. The molecule has 0 aromatic heterocycles. The van der Waals surface area contributed by atoms with Crippen LogP contribution in [0.1, 0.15) is 181 Å². The Balaban J connectivity index is 3.06. The maximum atomic E-state index is 11.5. The summed E-state index contributed by atoms with van der Waals surface area (Å²) in [4.78, 5) is 11.5. The topological polar surface area (TPSA) is 26.3 Å². The summed E-state index contributed by atoms with van der Waals surface area (Å²) in [5, 5.41) is 0. The lowest BCUT2D eigenvalue weighted by Gasteiger charge is -2.05. The highest BCUT2D eigenvalue weighted by Crippen LogP contribution is 2.15. The first-order chi connectivity index (χ1) is 15.8. The molecule has 0 saturated carbocycles. The van der Waals surface area contributed by atoms with Crippen LogP contribution in [0.4, 0.5) is 0 Å². The van der Waals surface area contributed by atoms with E-state index in [1.807, 2.05) is 0 Å². The molecule has 0 spiro atoms. The zero-order valence-electron chi connectivity index (χ0n) is 22.4. The van der Waals surface area contributed by atoms with Crippen molar-refractivity contribution in [3.05, 3.63) is 0 Å². The van der Waals surface area contributed by atoms with Gasteiger partial charge in [-0.2, -0.15) is 0 Å². The van der Waals surface area contributed by atoms with Crippen molar-refractivity contribution < 1.29 is 9.53 Å². The maximum Gasteiger partial charge on any atom is 0.305 e. The summed E-state index contributed by atoms with van der Waals surface area (Å²) in [7, 11) is 0. The third-order valence-corrected chi connectivity index (χ3v) is 6.75. The lowest BCUT2D eigenvalue weighted by molar-refractivity contribution is -0.143. The van der Waals surface area contributed by atoms with Gasteiger partial charge in [-0.15, -0.1) is 0 Å². The first kappa shape index (κ1) is 31.5. The molecule has 32 heavy (non-hydrogen) atoms. The van der Waals surface area contributed by atoms with Crippen LogP contribution in [-0.2, 0) is 9.53 Å². The summed E-state index contributed by atoms with van der Waals surface area (Å²) < 4.78 is 5.19. The Morgan fingerprint density at radius 1 is 0.406 bits per heavy atom. The first-order valence-corrected chi connectivity index (χ1v) is 15.0. The Morgan fingerprint density at radius 2 is 0.688 bits per heavy atom. The molecule has 0 aromatic carbocycles. The molecule has 0 saturated heterocycles. The summed E-state index contributed by atoms with van der Waals surface area (Å²) in [5.41, 5.74) is 0. The summed E-state index contributed by atoms with van der Waals surface area (Å²) in [6.07, 6.45) is 34.9. The minimum Gasteiger partial charge on any atom is -0.466 e. The third-order valence-electron chi connectivity index (χ3n) is 6.75. The predicted octanol–water partition coefficient (Wildman–Crippen LogP) is 10.7. The largest absolute Gasteiger partial charge is 0.466 e. The Kier molecular flexibility index (Phi) is 28.0. The molecule has 0 aliphatic rings. The first-order valence-electron chi connectivity index (χ1n) is 15.0. The lowest BCUT2D eigenvalue weighted by atomic mass is 10.0. The number of carbonyl (C=O) groups excluding carboxylic acids is 1. The molecule has 0 fully saturated rings. The molecule has 0 bridgehead atoms. The zero-order valence-corrected chi connectivity index (χ0v) is 22.4. The molecule has 2 heteroatoms. The van der Waals surface area contributed by atoms with Gasteiger partial charge in [-0.3, -0.25) is 4.79 Å². The monoisotopic (exact) mass is 452 g/mol. The van der Waals surface area contributed by atoms with Gasteiger partial charge in [-0.05, 0) is 12.8 Å². The molecule has 0 amide bonds. The number of ether oxygens (including phenoxy) is 1. The van der Waals surface area contributed by atoms with E-state index >= 15 is 0 Å². The van der Waals surface area contributed by atoms with Crippen molar-refractivity contribution in [2.24, 2.45) is 0 Å². The van der Waals surface area contributed by atoms with Crippen molar-refractivity contribution in [3.63, 3.8) is 0 Å². The molecule has 192 valence electrons. The molecule has 0 radical (unpaired) electrons. The number of hydrogen-bond acceptors (Lipinski definition) is 2. The Bertz CT molecular complexity index is 353. The Labute approximate surface area is 203 Å². The quantitative estimate of drug-likeness (QED) is 0.0914.